The molecule has 0 heterocycles. The maximum Gasteiger partial charge on any atom is 0.345 e. The molecule has 0 aliphatic heterocycles. The van der Waals surface area contributed by atoms with E-state index in [1.807, 2.05) is 6.07 Å². The zero-order chi connectivity index (χ0) is 12.3. The molecule has 0 saturated carbocycles. The highest BCUT2D eigenvalue weighted by atomic mass is 19.1. The van der Waals surface area contributed by atoms with Crippen LogP contribution in [0.1, 0.15) is 31.9 Å². The molecule has 0 aromatic heterocycles. The minimum atomic E-state index is -2.31. The van der Waals surface area contributed by atoms with Gasteiger partial charge in [-0.2, -0.15) is 0 Å². The molecule has 1 unspecified atom stereocenters. The summed E-state index contributed by atoms with van der Waals surface area (Å²) in [5, 5.41) is 8.79. The van der Waals surface area contributed by atoms with E-state index in [0.29, 0.717) is 5.92 Å². The van der Waals surface area contributed by atoms with E-state index < -0.39 is 11.6 Å². The lowest BCUT2D eigenvalue weighted by molar-refractivity contribution is -0.150. The summed E-state index contributed by atoms with van der Waals surface area (Å²) in [6, 6.07) is 6.74. The molecule has 1 rings (SSSR count). The molecule has 0 spiro atoms. The smallest absolute Gasteiger partial charge is 0.345 e. The van der Waals surface area contributed by atoms with Crippen molar-refractivity contribution in [3.05, 3.63) is 35.4 Å². The van der Waals surface area contributed by atoms with Crippen LogP contribution in [0, 0.1) is 5.92 Å². The lowest BCUT2D eigenvalue weighted by Gasteiger charge is -2.16. The standard InChI is InChI=1S/C13H17FO2/c1-9(2)7-10-5-4-6-11(8-10)13(3,14)12(15)16/h4-6,8-9H,7H2,1-3H3,(H,15,16). The van der Waals surface area contributed by atoms with Crippen molar-refractivity contribution < 1.29 is 14.3 Å². The molecule has 16 heavy (non-hydrogen) atoms. The average Bonchev–Trinajstić information content (AvgIpc) is 2.16. The molecular weight excluding hydrogens is 207 g/mol. The number of hydrogen-bond donors (Lipinski definition) is 1. The zero-order valence-electron chi connectivity index (χ0n) is 9.83. The summed E-state index contributed by atoms with van der Waals surface area (Å²) in [6.45, 7) is 5.21. The van der Waals surface area contributed by atoms with E-state index >= 15 is 0 Å². The van der Waals surface area contributed by atoms with Crippen molar-refractivity contribution in [2.24, 2.45) is 5.92 Å². The van der Waals surface area contributed by atoms with E-state index in [2.05, 4.69) is 13.8 Å². The first-order valence-electron chi connectivity index (χ1n) is 5.35. The van der Waals surface area contributed by atoms with Gasteiger partial charge in [-0.15, -0.1) is 0 Å². The number of benzene rings is 1. The van der Waals surface area contributed by atoms with E-state index in [1.165, 1.54) is 6.07 Å². The number of alkyl halides is 1. The average molecular weight is 224 g/mol. The van der Waals surface area contributed by atoms with Crippen LogP contribution >= 0.6 is 0 Å². The number of carboxylic acids is 1. The summed E-state index contributed by atoms with van der Waals surface area (Å²) in [6.07, 6.45) is 0.823. The molecule has 1 aromatic rings. The van der Waals surface area contributed by atoms with Gasteiger partial charge in [0.05, 0.1) is 0 Å². The summed E-state index contributed by atoms with van der Waals surface area (Å²) < 4.78 is 13.9. The Morgan fingerprint density at radius 3 is 2.62 bits per heavy atom. The Morgan fingerprint density at radius 1 is 1.50 bits per heavy atom. The monoisotopic (exact) mass is 224 g/mol. The van der Waals surface area contributed by atoms with Gasteiger partial charge in [0.15, 0.2) is 0 Å². The van der Waals surface area contributed by atoms with Crippen LogP contribution in [0.3, 0.4) is 0 Å². The Labute approximate surface area is 95.1 Å². The van der Waals surface area contributed by atoms with Crippen LogP contribution in [0.15, 0.2) is 24.3 Å². The lowest BCUT2D eigenvalue weighted by atomic mass is 9.94. The summed E-state index contributed by atoms with van der Waals surface area (Å²) in [4.78, 5) is 10.8. The van der Waals surface area contributed by atoms with E-state index in [0.717, 1.165) is 18.9 Å². The maximum atomic E-state index is 13.9. The second-order valence-electron chi connectivity index (χ2n) is 4.61. The number of hydrogen-bond acceptors (Lipinski definition) is 1. The third-order valence-corrected chi connectivity index (χ3v) is 2.51. The normalized spacial score (nSPS) is 14.8. The summed E-state index contributed by atoms with van der Waals surface area (Å²) in [5.41, 5.74) is -1.14. The van der Waals surface area contributed by atoms with Crippen LogP contribution in [0.5, 0.6) is 0 Å². The fraction of sp³-hybridized carbons (Fsp3) is 0.462. The minimum absolute atomic E-state index is 0.207. The molecule has 1 aromatic carbocycles. The van der Waals surface area contributed by atoms with Gasteiger partial charge in [0.1, 0.15) is 0 Å². The van der Waals surface area contributed by atoms with Crippen molar-refractivity contribution in [2.45, 2.75) is 32.9 Å². The second kappa shape index (κ2) is 4.64. The van der Waals surface area contributed by atoms with E-state index in [4.69, 9.17) is 5.11 Å². The molecule has 0 fully saturated rings. The van der Waals surface area contributed by atoms with E-state index in [1.54, 1.807) is 12.1 Å². The molecule has 2 nitrogen and oxygen atoms in total. The number of halogens is 1. The van der Waals surface area contributed by atoms with Gasteiger partial charge in [-0.3, -0.25) is 0 Å². The molecule has 0 aliphatic rings. The Hall–Kier alpha value is -1.38. The molecular formula is C13H17FO2. The highest BCUT2D eigenvalue weighted by Crippen LogP contribution is 2.26. The van der Waals surface area contributed by atoms with Gasteiger partial charge in [0, 0.05) is 5.56 Å². The van der Waals surface area contributed by atoms with Crippen molar-refractivity contribution in [3.8, 4) is 0 Å². The van der Waals surface area contributed by atoms with Crippen LogP contribution in [0.2, 0.25) is 0 Å². The molecule has 1 atom stereocenters. The van der Waals surface area contributed by atoms with Gasteiger partial charge < -0.3 is 5.11 Å². The van der Waals surface area contributed by atoms with Crippen LogP contribution in [-0.2, 0) is 16.9 Å². The minimum Gasteiger partial charge on any atom is -0.479 e. The predicted octanol–water partition coefficient (Wildman–Crippen LogP) is 3.15. The molecule has 0 aliphatic carbocycles. The molecule has 0 saturated heterocycles. The van der Waals surface area contributed by atoms with Gasteiger partial charge >= 0.3 is 5.97 Å². The van der Waals surface area contributed by atoms with E-state index in [-0.39, 0.29) is 5.56 Å². The van der Waals surface area contributed by atoms with Crippen LogP contribution < -0.4 is 0 Å². The van der Waals surface area contributed by atoms with Crippen molar-refractivity contribution in [1.29, 1.82) is 0 Å². The Kier molecular flexibility index (Phi) is 3.68. The molecule has 1 N–H and O–H groups in total. The van der Waals surface area contributed by atoms with E-state index in [9.17, 15) is 9.18 Å². The molecule has 0 radical (unpaired) electrons. The van der Waals surface area contributed by atoms with Gasteiger partial charge in [-0.05, 0) is 24.8 Å². The number of aliphatic carboxylic acids is 1. The van der Waals surface area contributed by atoms with Gasteiger partial charge in [-0.1, -0.05) is 38.1 Å². The summed E-state index contributed by atoms with van der Waals surface area (Å²) in [5.74, 6) is -0.986. The highest BCUT2D eigenvalue weighted by molar-refractivity contribution is 5.78. The topological polar surface area (TPSA) is 37.3 Å². The first-order valence-corrected chi connectivity index (χ1v) is 5.35. The lowest BCUT2D eigenvalue weighted by Crippen LogP contribution is -2.26. The second-order valence-corrected chi connectivity index (χ2v) is 4.61. The fourth-order valence-electron chi connectivity index (χ4n) is 1.59. The Balaban J connectivity index is 3.03. The van der Waals surface area contributed by atoms with Crippen molar-refractivity contribution in [1.82, 2.24) is 0 Å². The van der Waals surface area contributed by atoms with Crippen molar-refractivity contribution >= 4 is 5.97 Å². The number of carbonyl (C=O) groups is 1. The quantitative estimate of drug-likeness (QED) is 0.853. The molecule has 0 amide bonds. The van der Waals surface area contributed by atoms with Crippen LogP contribution in [0.4, 0.5) is 4.39 Å². The maximum absolute atomic E-state index is 13.9. The first-order chi connectivity index (χ1) is 7.34. The van der Waals surface area contributed by atoms with Crippen molar-refractivity contribution in [2.75, 3.05) is 0 Å². The SMILES string of the molecule is CC(C)Cc1cccc(C(C)(F)C(=O)O)c1. The third-order valence-electron chi connectivity index (χ3n) is 2.51. The van der Waals surface area contributed by atoms with Gasteiger partial charge in [-0.25, -0.2) is 9.18 Å². The molecule has 0 bridgehead atoms. The third kappa shape index (κ3) is 2.81. The van der Waals surface area contributed by atoms with Gasteiger partial charge in [0.2, 0.25) is 5.67 Å². The summed E-state index contributed by atoms with van der Waals surface area (Å²) >= 11 is 0. The molecule has 88 valence electrons. The zero-order valence-corrected chi connectivity index (χ0v) is 9.83. The van der Waals surface area contributed by atoms with Gasteiger partial charge in [0.25, 0.3) is 0 Å². The predicted molar refractivity (Wildman–Crippen MR) is 61.1 cm³/mol. The first kappa shape index (κ1) is 12.7. The largest absolute Gasteiger partial charge is 0.479 e. The van der Waals surface area contributed by atoms with Crippen LogP contribution in [-0.4, -0.2) is 11.1 Å². The number of rotatable bonds is 4. The Morgan fingerprint density at radius 2 is 2.12 bits per heavy atom. The van der Waals surface area contributed by atoms with Crippen LogP contribution in [0.25, 0.3) is 0 Å². The summed E-state index contributed by atoms with van der Waals surface area (Å²) in [7, 11) is 0. The Bertz CT molecular complexity index is 383. The number of carboxylic acid groups (broad SMARTS) is 1. The van der Waals surface area contributed by atoms with Crippen molar-refractivity contribution in [3.63, 3.8) is 0 Å². The molecule has 3 heteroatoms. The highest BCUT2D eigenvalue weighted by Gasteiger charge is 2.34. The fourth-order valence-corrected chi connectivity index (χ4v) is 1.59.